The van der Waals surface area contributed by atoms with Gasteiger partial charge in [-0.1, -0.05) is 17.7 Å². The molecule has 0 saturated heterocycles. The summed E-state index contributed by atoms with van der Waals surface area (Å²) in [6.45, 7) is 5.15. The zero-order valence-corrected chi connectivity index (χ0v) is 9.96. The van der Waals surface area contributed by atoms with Gasteiger partial charge in [0.2, 0.25) is 0 Å². The van der Waals surface area contributed by atoms with Crippen LogP contribution in [0.3, 0.4) is 0 Å². The molecule has 0 spiro atoms. The van der Waals surface area contributed by atoms with Gasteiger partial charge in [0.05, 0.1) is 6.16 Å². The first-order chi connectivity index (χ1) is 6.94. The van der Waals surface area contributed by atoms with Crippen LogP contribution in [0.25, 0.3) is 0 Å². The van der Waals surface area contributed by atoms with E-state index in [1.54, 1.807) is 25.1 Å². The van der Waals surface area contributed by atoms with Crippen molar-refractivity contribution in [2.45, 2.75) is 6.92 Å². The lowest BCUT2D eigenvalue weighted by Crippen LogP contribution is -1.96. The van der Waals surface area contributed by atoms with E-state index < -0.39 is 7.60 Å². The summed E-state index contributed by atoms with van der Waals surface area (Å²) in [5.41, 5.74) is 0.723. The van der Waals surface area contributed by atoms with E-state index in [0.29, 0.717) is 10.8 Å². The maximum atomic E-state index is 11.4. The fourth-order valence-corrected chi connectivity index (χ4v) is 2.21. The molecule has 1 atom stereocenters. The molecule has 0 fully saturated rings. The molecule has 15 heavy (non-hydrogen) atoms. The van der Waals surface area contributed by atoms with Gasteiger partial charge in [-0.3, -0.25) is 0 Å². The maximum absolute atomic E-state index is 11.4. The third kappa shape index (κ3) is 3.71. The molecule has 0 saturated carbocycles. The van der Waals surface area contributed by atoms with Gasteiger partial charge >= 0.3 is 7.60 Å². The highest BCUT2D eigenvalue weighted by Crippen LogP contribution is 2.43. The Morgan fingerprint density at radius 1 is 1.67 bits per heavy atom. The number of hydrogen-bond acceptors (Lipinski definition) is 2. The third-order valence-corrected chi connectivity index (χ3v) is 3.17. The van der Waals surface area contributed by atoms with Crippen LogP contribution >= 0.6 is 19.2 Å². The van der Waals surface area contributed by atoms with Gasteiger partial charge in [-0.25, -0.2) is 4.57 Å². The molecular formula is C10H12ClO3P. The zero-order valence-electron chi connectivity index (χ0n) is 8.31. The molecule has 0 radical (unpaired) electrons. The minimum absolute atomic E-state index is 0.0743. The first-order valence-electron chi connectivity index (χ1n) is 4.33. The number of halogens is 1. The van der Waals surface area contributed by atoms with E-state index in [0.717, 1.165) is 5.56 Å². The Balaban J connectivity index is 2.90. The van der Waals surface area contributed by atoms with Crippen molar-refractivity contribution in [2.24, 2.45) is 0 Å². The van der Waals surface area contributed by atoms with E-state index in [1.807, 2.05) is 0 Å². The van der Waals surface area contributed by atoms with Crippen molar-refractivity contribution in [2.75, 3.05) is 6.16 Å². The quantitative estimate of drug-likeness (QED) is 0.654. The van der Waals surface area contributed by atoms with Crippen molar-refractivity contribution in [3.05, 3.63) is 41.4 Å². The number of allylic oxidation sites excluding steroid dienone is 1. The standard InChI is InChI=1S/C10H12ClO3P/c1-3-6-15(12,13)14-10-5-4-9(11)7-8(10)2/h3-5,7H,1,6H2,2H3,(H,12,13). The summed E-state index contributed by atoms with van der Waals surface area (Å²) in [7, 11) is -3.62. The average molecular weight is 247 g/mol. The lowest BCUT2D eigenvalue weighted by atomic mass is 10.2. The summed E-state index contributed by atoms with van der Waals surface area (Å²) >= 11 is 5.75. The summed E-state index contributed by atoms with van der Waals surface area (Å²) in [5, 5.41) is 0.566. The van der Waals surface area contributed by atoms with Crippen molar-refractivity contribution in [1.82, 2.24) is 0 Å². The van der Waals surface area contributed by atoms with Gasteiger partial charge in [-0.2, -0.15) is 0 Å². The van der Waals surface area contributed by atoms with Crippen LogP contribution < -0.4 is 4.52 Å². The molecule has 0 aromatic heterocycles. The van der Waals surface area contributed by atoms with Crippen molar-refractivity contribution in [3.63, 3.8) is 0 Å². The van der Waals surface area contributed by atoms with Gasteiger partial charge in [-0.15, -0.1) is 6.58 Å². The maximum Gasteiger partial charge on any atom is 0.380 e. The van der Waals surface area contributed by atoms with Gasteiger partial charge in [0.25, 0.3) is 0 Å². The van der Waals surface area contributed by atoms with Crippen LogP contribution in [0, 0.1) is 6.92 Å². The van der Waals surface area contributed by atoms with Crippen LogP contribution in [0.2, 0.25) is 5.02 Å². The van der Waals surface area contributed by atoms with E-state index in [2.05, 4.69) is 6.58 Å². The molecule has 82 valence electrons. The normalized spacial score (nSPS) is 14.3. The Hall–Kier alpha value is -0.760. The van der Waals surface area contributed by atoms with E-state index in [9.17, 15) is 9.46 Å². The summed E-state index contributed by atoms with van der Waals surface area (Å²) in [6, 6.07) is 4.85. The van der Waals surface area contributed by atoms with Gasteiger partial charge in [0.1, 0.15) is 5.75 Å². The number of hydrogen-bond donors (Lipinski definition) is 1. The number of benzene rings is 1. The van der Waals surface area contributed by atoms with Crippen molar-refractivity contribution in [3.8, 4) is 5.75 Å². The molecule has 1 rings (SSSR count). The van der Waals surface area contributed by atoms with E-state index >= 15 is 0 Å². The highest BCUT2D eigenvalue weighted by atomic mass is 35.5. The fraction of sp³-hybridized carbons (Fsp3) is 0.200. The van der Waals surface area contributed by atoms with Gasteiger partial charge in [0.15, 0.2) is 0 Å². The largest absolute Gasteiger partial charge is 0.424 e. The summed E-state index contributed by atoms with van der Waals surface area (Å²) < 4.78 is 16.5. The molecule has 3 nitrogen and oxygen atoms in total. The second-order valence-corrected chi connectivity index (χ2v) is 5.37. The molecule has 0 bridgehead atoms. The second kappa shape index (κ2) is 4.84. The van der Waals surface area contributed by atoms with Gasteiger partial charge < -0.3 is 9.42 Å². The van der Waals surface area contributed by atoms with Crippen LogP contribution in [0.4, 0.5) is 0 Å². The lowest BCUT2D eigenvalue weighted by Gasteiger charge is -2.13. The molecule has 1 aromatic rings. The molecule has 5 heteroatoms. The Labute approximate surface area is 93.9 Å². The van der Waals surface area contributed by atoms with Gasteiger partial charge in [-0.05, 0) is 30.7 Å². The van der Waals surface area contributed by atoms with Crippen LogP contribution in [0.5, 0.6) is 5.75 Å². The van der Waals surface area contributed by atoms with E-state index in [1.165, 1.54) is 6.08 Å². The van der Waals surface area contributed by atoms with Crippen molar-refractivity contribution < 1.29 is 14.0 Å². The van der Waals surface area contributed by atoms with Gasteiger partial charge in [0, 0.05) is 5.02 Å². The Morgan fingerprint density at radius 2 is 2.33 bits per heavy atom. The molecular weight excluding hydrogens is 235 g/mol. The van der Waals surface area contributed by atoms with E-state index in [-0.39, 0.29) is 6.16 Å². The average Bonchev–Trinajstić information content (AvgIpc) is 2.09. The highest BCUT2D eigenvalue weighted by molar-refractivity contribution is 7.53. The second-order valence-electron chi connectivity index (χ2n) is 3.11. The van der Waals surface area contributed by atoms with Crippen molar-refractivity contribution >= 4 is 19.2 Å². The monoisotopic (exact) mass is 246 g/mol. The van der Waals surface area contributed by atoms with Crippen LogP contribution in [-0.4, -0.2) is 11.1 Å². The number of aryl methyl sites for hydroxylation is 1. The third-order valence-electron chi connectivity index (χ3n) is 1.74. The molecule has 0 heterocycles. The Bertz CT molecular complexity index is 417. The summed E-state index contributed by atoms with van der Waals surface area (Å²) in [6.07, 6.45) is 1.28. The summed E-state index contributed by atoms with van der Waals surface area (Å²) in [5.74, 6) is 0.368. The molecule has 0 aliphatic heterocycles. The number of rotatable bonds is 4. The van der Waals surface area contributed by atoms with E-state index in [4.69, 9.17) is 16.1 Å². The predicted octanol–water partition coefficient (Wildman–Crippen LogP) is 3.40. The van der Waals surface area contributed by atoms with Crippen LogP contribution in [0.15, 0.2) is 30.9 Å². The first-order valence-corrected chi connectivity index (χ1v) is 6.47. The highest BCUT2D eigenvalue weighted by Gasteiger charge is 2.19. The Kier molecular flexibility index (Phi) is 3.97. The molecule has 0 amide bonds. The molecule has 1 N–H and O–H groups in total. The van der Waals surface area contributed by atoms with Crippen LogP contribution in [-0.2, 0) is 4.57 Å². The summed E-state index contributed by atoms with van der Waals surface area (Å²) in [4.78, 5) is 9.39. The smallest absolute Gasteiger partial charge is 0.380 e. The molecule has 0 aliphatic rings. The predicted molar refractivity (Wildman–Crippen MR) is 61.7 cm³/mol. The molecule has 1 unspecified atom stereocenters. The first kappa shape index (κ1) is 12.3. The Morgan fingerprint density at radius 3 is 2.87 bits per heavy atom. The molecule has 0 aliphatic carbocycles. The molecule has 1 aromatic carbocycles. The SMILES string of the molecule is C=CCP(=O)(O)Oc1ccc(Cl)cc1C. The topological polar surface area (TPSA) is 46.5 Å². The minimum atomic E-state index is -3.62. The minimum Gasteiger partial charge on any atom is -0.424 e. The zero-order chi connectivity index (χ0) is 11.5. The van der Waals surface area contributed by atoms with Crippen molar-refractivity contribution in [1.29, 1.82) is 0 Å². The lowest BCUT2D eigenvalue weighted by molar-refractivity contribution is 0.382. The fourth-order valence-electron chi connectivity index (χ4n) is 1.07. The van der Waals surface area contributed by atoms with Crippen LogP contribution in [0.1, 0.15) is 5.56 Å².